The lowest BCUT2D eigenvalue weighted by Gasteiger charge is -2.19. The van der Waals surface area contributed by atoms with E-state index < -0.39 is 7.92 Å². The van der Waals surface area contributed by atoms with E-state index in [-0.39, 0.29) is 18.1 Å². The standard InChI is InChI=1S/C18H15P.C6H9NO2/c1-4-10-16(11-5-1)19(17-12-6-2-7-13-17)18-14-8-3-9-15-18;1-7-3-4-2-5(7)6(8)9-4/h1-15H;4-5H,2-3H2,1H3. The molecular formula is C24H24NO2P. The first kappa shape index (κ1) is 18.9. The molecule has 0 radical (unpaired) electrons. The minimum absolute atomic E-state index is 0.0336. The van der Waals surface area contributed by atoms with Crippen LogP contribution in [0, 0.1) is 0 Å². The maximum absolute atomic E-state index is 10.8. The zero-order valence-electron chi connectivity index (χ0n) is 15.9. The molecule has 0 aliphatic carbocycles. The van der Waals surface area contributed by atoms with Gasteiger partial charge in [0.05, 0.1) is 0 Å². The Balaban J connectivity index is 0.000000177. The molecule has 2 bridgehead atoms. The van der Waals surface area contributed by atoms with Crippen molar-refractivity contribution in [3.05, 3.63) is 91.0 Å². The van der Waals surface area contributed by atoms with Gasteiger partial charge in [0.2, 0.25) is 0 Å². The summed E-state index contributed by atoms with van der Waals surface area (Å²) in [6.45, 7) is 0.927. The van der Waals surface area contributed by atoms with Crippen molar-refractivity contribution in [2.24, 2.45) is 0 Å². The molecule has 142 valence electrons. The molecule has 0 amide bonds. The monoisotopic (exact) mass is 389 g/mol. The van der Waals surface area contributed by atoms with E-state index in [0.717, 1.165) is 13.0 Å². The van der Waals surface area contributed by atoms with Crippen LogP contribution in [-0.4, -0.2) is 36.6 Å². The molecule has 3 nitrogen and oxygen atoms in total. The van der Waals surface area contributed by atoms with Crippen molar-refractivity contribution in [1.82, 2.24) is 4.90 Å². The van der Waals surface area contributed by atoms with Gasteiger partial charge in [0.15, 0.2) is 0 Å². The summed E-state index contributed by atoms with van der Waals surface area (Å²) in [6, 6.07) is 32.4. The van der Waals surface area contributed by atoms with Crippen molar-refractivity contribution < 1.29 is 9.53 Å². The number of likely N-dealkylation sites (N-methyl/N-ethyl adjacent to an activating group) is 1. The minimum Gasteiger partial charge on any atom is -0.460 e. The van der Waals surface area contributed by atoms with Gasteiger partial charge in [-0.3, -0.25) is 9.69 Å². The lowest BCUT2D eigenvalue weighted by molar-refractivity contribution is -0.150. The van der Waals surface area contributed by atoms with Crippen LogP contribution in [0.1, 0.15) is 6.42 Å². The van der Waals surface area contributed by atoms with Crippen molar-refractivity contribution in [3.8, 4) is 0 Å². The van der Waals surface area contributed by atoms with Gasteiger partial charge in [-0.15, -0.1) is 0 Å². The number of fused-ring (bicyclic) bond motifs is 2. The zero-order valence-corrected chi connectivity index (χ0v) is 16.8. The van der Waals surface area contributed by atoms with Crippen LogP contribution in [0.4, 0.5) is 0 Å². The van der Waals surface area contributed by atoms with Gasteiger partial charge in [-0.1, -0.05) is 91.0 Å². The number of hydrogen-bond acceptors (Lipinski definition) is 3. The van der Waals surface area contributed by atoms with Crippen LogP contribution >= 0.6 is 7.92 Å². The lowest BCUT2D eigenvalue weighted by Crippen LogP contribution is -2.37. The summed E-state index contributed by atoms with van der Waals surface area (Å²) in [4.78, 5) is 12.8. The van der Waals surface area contributed by atoms with E-state index in [9.17, 15) is 4.79 Å². The fourth-order valence-corrected chi connectivity index (χ4v) is 6.04. The predicted molar refractivity (Wildman–Crippen MR) is 116 cm³/mol. The van der Waals surface area contributed by atoms with Crippen molar-refractivity contribution in [2.75, 3.05) is 13.6 Å². The molecule has 3 aromatic carbocycles. The maximum Gasteiger partial charge on any atom is 0.323 e. The second-order valence-corrected chi connectivity index (χ2v) is 9.31. The molecule has 0 saturated carbocycles. The summed E-state index contributed by atoms with van der Waals surface area (Å²) in [5.41, 5.74) is 0. The predicted octanol–water partition coefficient (Wildman–Crippen LogP) is 3.06. The first-order valence-electron chi connectivity index (χ1n) is 9.58. The molecule has 0 aromatic heterocycles. The lowest BCUT2D eigenvalue weighted by atomic mass is 10.2. The molecule has 2 saturated heterocycles. The minimum atomic E-state index is -0.446. The number of nitrogens with zero attached hydrogens (tertiary/aromatic N) is 1. The third kappa shape index (κ3) is 4.16. The normalized spacial score (nSPS) is 20.6. The molecule has 28 heavy (non-hydrogen) atoms. The highest BCUT2D eigenvalue weighted by molar-refractivity contribution is 7.79. The molecule has 0 N–H and O–H groups in total. The van der Waals surface area contributed by atoms with Crippen LogP contribution < -0.4 is 15.9 Å². The zero-order chi connectivity index (χ0) is 19.3. The number of morpholine rings is 1. The molecule has 5 rings (SSSR count). The fourth-order valence-electron chi connectivity index (χ4n) is 3.73. The van der Waals surface area contributed by atoms with Crippen molar-refractivity contribution in [3.63, 3.8) is 0 Å². The molecule has 2 atom stereocenters. The summed E-state index contributed by atoms with van der Waals surface area (Å²) < 4.78 is 4.95. The fraction of sp³-hybridized carbons (Fsp3) is 0.208. The van der Waals surface area contributed by atoms with Gasteiger partial charge in [0.1, 0.15) is 12.1 Å². The molecule has 3 aromatic rings. The van der Waals surface area contributed by atoms with Crippen LogP contribution in [0.3, 0.4) is 0 Å². The van der Waals surface area contributed by atoms with E-state index in [1.54, 1.807) is 0 Å². The Morgan fingerprint density at radius 2 is 1.21 bits per heavy atom. The van der Waals surface area contributed by atoms with Crippen LogP contribution in [0.15, 0.2) is 91.0 Å². The summed E-state index contributed by atoms with van der Waals surface area (Å²) in [7, 11) is 1.52. The Morgan fingerprint density at radius 1 is 0.786 bits per heavy atom. The van der Waals surface area contributed by atoms with E-state index in [1.807, 2.05) is 7.05 Å². The number of benzene rings is 3. The highest BCUT2D eigenvalue weighted by Gasteiger charge is 2.44. The van der Waals surface area contributed by atoms with E-state index in [0.29, 0.717) is 0 Å². The Kier molecular flexibility index (Phi) is 5.85. The molecule has 4 heteroatoms. The molecule has 2 unspecified atom stereocenters. The van der Waals surface area contributed by atoms with Gasteiger partial charge in [0, 0.05) is 13.0 Å². The maximum atomic E-state index is 10.8. The van der Waals surface area contributed by atoms with E-state index >= 15 is 0 Å². The number of rotatable bonds is 3. The third-order valence-electron chi connectivity index (χ3n) is 5.11. The van der Waals surface area contributed by atoms with Crippen LogP contribution in [0.25, 0.3) is 0 Å². The first-order valence-corrected chi connectivity index (χ1v) is 10.9. The molecular weight excluding hydrogens is 365 g/mol. The smallest absolute Gasteiger partial charge is 0.323 e. The van der Waals surface area contributed by atoms with Crippen molar-refractivity contribution in [1.29, 1.82) is 0 Å². The highest BCUT2D eigenvalue weighted by Crippen LogP contribution is 2.32. The topological polar surface area (TPSA) is 29.5 Å². The van der Waals surface area contributed by atoms with Gasteiger partial charge >= 0.3 is 5.97 Å². The van der Waals surface area contributed by atoms with E-state index in [2.05, 4.69) is 95.9 Å². The van der Waals surface area contributed by atoms with Crippen molar-refractivity contribution in [2.45, 2.75) is 18.6 Å². The summed E-state index contributed by atoms with van der Waals surface area (Å²) in [5.74, 6) is -0.0336. The Morgan fingerprint density at radius 3 is 1.50 bits per heavy atom. The number of hydrogen-bond donors (Lipinski definition) is 0. The summed E-state index contributed by atoms with van der Waals surface area (Å²) >= 11 is 0. The second-order valence-electron chi connectivity index (χ2n) is 7.09. The molecule has 2 aliphatic rings. The van der Waals surface area contributed by atoms with Gasteiger partial charge in [0.25, 0.3) is 0 Å². The van der Waals surface area contributed by atoms with Gasteiger partial charge < -0.3 is 4.74 Å². The van der Waals surface area contributed by atoms with Crippen LogP contribution in [0.2, 0.25) is 0 Å². The average molecular weight is 389 g/mol. The average Bonchev–Trinajstić information content (AvgIpc) is 3.29. The van der Waals surface area contributed by atoms with Crippen LogP contribution in [0.5, 0.6) is 0 Å². The molecule has 2 heterocycles. The molecule has 2 fully saturated rings. The summed E-state index contributed by atoms with van der Waals surface area (Å²) in [6.07, 6.45) is 1.11. The highest BCUT2D eigenvalue weighted by atomic mass is 31.1. The third-order valence-corrected chi connectivity index (χ3v) is 7.55. The number of ether oxygens (including phenoxy) is 1. The number of likely N-dealkylation sites (tertiary alicyclic amines) is 1. The Bertz CT molecular complexity index is 808. The Hall–Kier alpha value is -2.48. The number of carbonyl (C=O) groups excluding carboxylic acids is 1. The van der Waals surface area contributed by atoms with Gasteiger partial charge in [-0.2, -0.15) is 0 Å². The van der Waals surface area contributed by atoms with Gasteiger partial charge in [-0.05, 0) is 30.9 Å². The molecule has 0 spiro atoms. The first-order chi connectivity index (χ1) is 13.7. The van der Waals surface area contributed by atoms with Crippen molar-refractivity contribution >= 4 is 29.8 Å². The number of esters is 1. The molecule has 2 aliphatic heterocycles. The van der Waals surface area contributed by atoms with Gasteiger partial charge in [-0.25, -0.2) is 0 Å². The quantitative estimate of drug-likeness (QED) is 0.509. The largest absolute Gasteiger partial charge is 0.460 e. The SMILES string of the molecule is CN1CC2CC1C(=O)O2.c1ccc(P(c2ccccc2)c2ccccc2)cc1. The second kappa shape index (κ2) is 8.68. The van der Waals surface area contributed by atoms with E-state index in [1.165, 1.54) is 15.9 Å². The summed E-state index contributed by atoms with van der Waals surface area (Å²) in [5, 5.41) is 4.19. The van der Waals surface area contributed by atoms with Crippen LogP contribution in [-0.2, 0) is 9.53 Å². The Labute approximate surface area is 167 Å². The van der Waals surface area contributed by atoms with E-state index in [4.69, 9.17) is 4.74 Å². The number of carbonyl (C=O) groups is 1.